The van der Waals surface area contributed by atoms with Crippen LogP contribution in [0.4, 0.5) is 0 Å². The van der Waals surface area contributed by atoms with Crippen molar-refractivity contribution >= 4 is 11.6 Å². The predicted molar refractivity (Wildman–Crippen MR) is 74.6 cm³/mol. The van der Waals surface area contributed by atoms with Gasteiger partial charge in [-0.15, -0.1) is 0 Å². The molecule has 19 heavy (non-hydrogen) atoms. The van der Waals surface area contributed by atoms with Crippen LogP contribution in [0.3, 0.4) is 0 Å². The van der Waals surface area contributed by atoms with Crippen molar-refractivity contribution < 1.29 is 9.59 Å². The average Bonchev–Trinajstić information content (AvgIpc) is 2.57. The molecule has 3 aliphatic rings. The highest BCUT2D eigenvalue weighted by Gasteiger charge is 2.59. The van der Waals surface area contributed by atoms with Crippen molar-refractivity contribution in [2.45, 2.75) is 46.5 Å². The van der Waals surface area contributed by atoms with Crippen LogP contribution in [0.25, 0.3) is 0 Å². The maximum Gasteiger partial charge on any atom is 0.160 e. The summed E-state index contributed by atoms with van der Waals surface area (Å²) in [5.41, 5.74) is 0.850. The molecule has 0 aromatic rings. The lowest BCUT2D eigenvalue weighted by Crippen LogP contribution is -2.51. The zero-order chi connectivity index (χ0) is 13.8. The molecule has 1 fully saturated rings. The Morgan fingerprint density at radius 1 is 1.26 bits per heavy atom. The molecule has 0 saturated heterocycles. The third kappa shape index (κ3) is 1.69. The molecule has 0 aromatic heterocycles. The van der Waals surface area contributed by atoms with Crippen molar-refractivity contribution in [3.8, 4) is 0 Å². The molecule has 1 saturated carbocycles. The van der Waals surface area contributed by atoms with Crippen LogP contribution in [0.15, 0.2) is 23.8 Å². The molecule has 0 unspecified atom stereocenters. The first-order chi connectivity index (χ1) is 8.87. The van der Waals surface area contributed by atoms with Crippen LogP contribution in [-0.4, -0.2) is 11.6 Å². The molecular formula is C17H22O2. The van der Waals surface area contributed by atoms with Gasteiger partial charge in [-0.3, -0.25) is 9.59 Å². The topological polar surface area (TPSA) is 34.1 Å². The summed E-state index contributed by atoms with van der Waals surface area (Å²) in [7, 11) is 0. The van der Waals surface area contributed by atoms with Crippen molar-refractivity contribution in [1.29, 1.82) is 0 Å². The second kappa shape index (κ2) is 3.91. The fourth-order valence-corrected chi connectivity index (χ4v) is 4.36. The molecular weight excluding hydrogens is 236 g/mol. The standard InChI is InChI=1S/C17H22O2/c1-11-4-5-12-15-13(18)7-9-17(15,3)14(19)10-16(12,2)8-6-11/h6-7,9,12,15H,4-5,8,10H2,1-3H3/t12-,15+,16-,17+/m1/s1. The first-order valence-corrected chi connectivity index (χ1v) is 7.29. The van der Waals surface area contributed by atoms with Crippen LogP contribution in [-0.2, 0) is 9.59 Å². The Morgan fingerprint density at radius 2 is 2.00 bits per heavy atom. The van der Waals surface area contributed by atoms with E-state index in [-0.39, 0.29) is 22.9 Å². The summed E-state index contributed by atoms with van der Waals surface area (Å²) in [5.74, 6) is 0.655. The van der Waals surface area contributed by atoms with Gasteiger partial charge in [-0.05, 0) is 50.5 Å². The number of allylic oxidation sites excluding steroid dienone is 4. The summed E-state index contributed by atoms with van der Waals surface area (Å²) in [6, 6.07) is 0. The van der Waals surface area contributed by atoms with E-state index < -0.39 is 5.41 Å². The molecule has 0 heterocycles. The van der Waals surface area contributed by atoms with Gasteiger partial charge in [0.15, 0.2) is 5.78 Å². The smallest absolute Gasteiger partial charge is 0.160 e. The normalized spacial score (nSPS) is 45.5. The Balaban J connectivity index is 2.05. The summed E-state index contributed by atoms with van der Waals surface area (Å²) >= 11 is 0. The number of Topliss-reactive ketones (excluding diaryl/α,β-unsaturated/α-hetero) is 1. The number of ketones is 2. The monoisotopic (exact) mass is 258 g/mol. The Labute approximate surface area is 115 Å². The van der Waals surface area contributed by atoms with Gasteiger partial charge in [0.25, 0.3) is 0 Å². The summed E-state index contributed by atoms with van der Waals surface area (Å²) in [4.78, 5) is 24.9. The van der Waals surface area contributed by atoms with E-state index in [2.05, 4.69) is 19.9 Å². The fourth-order valence-electron chi connectivity index (χ4n) is 4.36. The maximum atomic E-state index is 12.6. The fraction of sp³-hybridized carbons (Fsp3) is 0.647. The first kappa shape index (κ1) is 12.8. The minimum absolute atomic E-state index is 0.0271. The molecule has 0 aliphatic heterocycles. The van der Waals surface area contributed by atoms with E-state index in [1.54, 1.807) is 6.08 Å². The van der Waals surface area contributed by atoms with Crippen LogP contribution < -0.4 is 0 Å². The minimum Gasteiger partial charge on any atom is -0.299 e. The van der Waals surface area contributed by atoms with Crippen LogP contribution in [0.1, 0.15) is 46.5 Å². The number of hydrogen-bond donors (Lipinski definition) is 0. The van der Waals surface area contributed by atoms with E-state index >= 15 is 0 Å². The SMILES string of the molecule is CC1=CC[C@]2(C)CC(=O)[C@]3(C)C=CC(=O)[C@@H]3[C@H]2CC1. The number of hydrogen-bond acceptors (Lipinski definition) is 2. The van der Waals surface area contributed by atoms with E-state index in [4.69, 9.17) is 0 Å². The summed E-state index contributed by atoms with van der Waals surface area (Å²) in [5, 5.41) is 0. The Kier molecular flexibility index (Phi) is 2.64. The zero-order valence-electron chi connectivity index (χ0n) is 12.0. The van der Waals surface area contributed by atoms with Crippen molar-refractivity contribution in [1.82, 2.24) is 0 Å². The number of carbonyl (C=O) groups is 2. The van der Waals surface area contributed by atoms with Gasteiger partial charge < -0.3 is 0 Å². The van der Waals surface area contributed by atoms with Crippen molar-refractivity contribution in [2.75, 3.05) is 0 Å². The molecule has 0 amide bonds. The molecule has 3 aliphatic carbocycles. The summed E-state index contributed by atoms with van der Waals surface area (Å²) in [6.45, 7) is 6.33. The molecule has 0 N–H and O–H groups in total. The van der Waals surface area contributed by atoms with Gasteiger partial charge in [-0.1, -0.05) is 24.6 Å². The molecule has 0 radical (unpaired) electrons. The Hall–Kier alpha value is -1.18. The highest BCUT2D eigenvalue weighted by Crippen LogP contribution is 2.58. The van der Waals surface area contributed by atoms with Gasteiger partial charge in [-0.25, -0.2) is 0 Å². The summed E-state index contributed by atoms with van der Waals surface area (Å²) < 4.78 is 0. The van der Waals surface area contributed by atoms with E-state index in [1.165, 1.54) is 5.57 Å². The van der Waals surface area contributed by atoms with Crippen LogP contribution in [0.5, 0.6) is 0 Å². The second-order valence-corrected chi connectivity index (χ2v) is 7.15. The highest BCUT2D eigenvalue weighted by molar-refractivity contribution is 6.04. The molecule has 2 nitrogen and oxygen atoms in total. The Bertz CT molecular complexity index is 513. The van der Waals surface area contributed by atoms with E-state index in [0.717, 1.165) is 19.3 Å². The molecule has 2 heteroatoms. The van der Waals surface area contributed by atoms with Crippen molar-refractivity contribution in [2.24, 2.45) is 22.7 Å². The van der Waals surface area contributed by atoms with Gasteiger partial charge in [0.2, 0.25) is 0 Å². The lowest BCUT2D eigenvalue weighted by molar-refractivity contribution is -0.146. The molecule has 0 aromatic carbocycles. The van der Waals surface area contributed by atoms with Gasteiger partial charge >= 0.3 is 0 Å². The minimum atomic E-state index is -0.528. The molecule has 102 valence electrons. The number of fused-ring (bicyclic) bond motifs is 3. The third-order valence-corrected chi connectivity index (χ3v) is 5.78. The van der Waals surface area contributed by atoms with Crippen molar-refractivity contribution in [3.05, 3.63) is 23.8 Å². The molecule has 3 rings (SSSR count). The highest BCUT2D eigenvalue weighted by atomic mass is 16.1. The van der Waals surface area contributed by atoms with Gasteiger partial charge in [0.05, 0.1) is 5.41 Å². The molecule has 0 spiro atoms. The van der Waals surface area contributed by atoms with Gasteiger partial charge in [0, 0.05) is 12.3 Å². The third-order valence-electron chi connectivity index (χ3n) is 5.78. The lowest BCUT2D eigenvalue weighted by atomic mass is 9.52. The van der Waals surface area contributed by atoms with Gasteiger partial charge in [-0.2, -0.15) is 0 Å². The average molecular weight is 258 g/mol. The Morgan fingerprint density at radius 3 is 2.74 bits per heavy atom. The molecule has 0 bridgehead atoms. The lowest BCUT2D eigenvalue weighted by Gasteiger charge is -2.49. The quantitative estimate of drug-likeness (QED) is 0.623. The van der Waals surface area contributed by atoms with Gasteiger partial charge in [0.1, 0.15) is 5.78 Å². The maximum absolute atomic E-state index is 12.6. The largest absolute Gasteiger partial charge is 0.299 e. The molecule has 4 atom stereocenters. The summed E-state index contributed by atoms with van der Waals surface area (Å²) in [6.07, 6.45) is 9.46. The zero-order valence-corrected chi connectivity index (χ0v) is 12.0. The van der Waals surface area contributed by atoms with Crippen molar-refractivity contribution in [3.63, 3.8) is 0 Å². The first-order valence-electron chi connectivity index (χ1n) is 7.29. The van der Waals surface area contributed by atoms with Crippen LogP contribution >= 0.6 is 0 Å². The van der Waals surface area contributed by atoms with Crippen LogP contribution in [0, 0.1) is 22.7 Å². The predicted octanol–water partition coefficient (Wildman–Crippen LogP) is 3.47. The number of carbonyl (C=O) groups excluding carboxylic acids is 2. The van der Waals surface area contributed by atoms with E-state index in [1.807, 2.05) is 13.0 Å². The second-order valence-electron chi connectivity index (χ2n) is 7.15. The number of rotatable bonds is 0. The van der Waals surface area contributed by atoms with E-state index in [0.29, 0.717) is 12.3 Å². The van der Waals surface area contributed by atoms with Crippen LogP contribution in [0.2, 0.25) is 0 Å². The van der Waals surface area contributed by atoms with E-state index in [9.17, 15) is 9.59 Å².